The second-order valence-corrected chi connectivity index (χ2v) is 5.73. The molecule has 0 bridgehead atoms. The Balaban J connectivity index is 2.77. The van der Waals surface area contributed by atoms with E-state index in [1.807, 2.05) is 13.8 Å². The summed E-state index contributed by atoms with van der Waals surface area (Å²) in [5, 5.41) is 8.30. The molecule has 96 valence electrons. The molecule has 1 aromatic carbocycles. The number of benzene rings is 1. The Kier molecular flexibility index (Phi) is 4.02. The van der Waals surface area contributed by atoms with E-state index in [0.717, 1.165) is 5.82 Å². The zero-order valence-electron chi connectivity index (χ0n) is 9.67. The molecule has 0 saturated carbocycles. The monoisotopic (exact) mass is 321 g/mol. The van der Waals surface area contributed by atoms with Crippen LogP contribution in [0.3, 0.4) is 0 Å². The van der Waals surface area contributed by atoms with Crippen molar-refractivity contribution in [1.82, 2.24) is 14.8 Å². The van der Waals surface area contributed by atoms with Gasteiger partial charge in [-0.15, -0.1) is 0 Å². The third kappa shape index (κ3) is 2.43. The molecule has 0 saturated heterocycles. The molecule has 0 atom stereocenters. The Hall–Kier alpha value is -0.550. The maximum Gasteiger partial charge on any atom is 0.199 e. The average molecular weight is 323 g/mol. The predicted molar refractivity (Wildman–Crippen MR) is 77.9 cm³/mol. The quantitative estimate of drug-likeness (QED) is 0.788. The van der Waals surface area contributed by atoms with E-state index in [4.69, 9.17) is 47.0 Å². The topological polar surface area (TPSA) is 33.6 Å². The van der Waals surface area contributed by atoms with E-state index in [9.17, 15) is 0 Å². The highest BCUT2D eigenvalue weighted by Crippen LogP contribution is 2.33. The van der Waals surface area contributed by atoms with Crippen molar-refractivity contribution in [2.75, 3.05) is 0 Å². The Bertz CT molecular complexity index is 622. The van der Waals surface area contributed by atoms with E-state index >= 15 is 0 Å². The smallest absolute Gasteiger partial charge is 0.199 e. The summed E-state index contributed by atoms with van der Waals surface area (Å²) in [6.07, 6.45) is 0. The van der Waals surface area contributed by atoms with Gasteiger partial charge in [0.1, 0.15) is 5.82 Å². The minimum atomic E-state index is 0.181. The van der Waals surface area contributed by atoms with E-state index in [1.165, 1.54) is 0 Å². The average Bonchev–Trinajstić information content (AvgIpc) is 2.59. The molecule has 7 heteroatoms. The SMILES string of the molecule is CC(C)c1n[nH]c(=S)n1-c1c(Cl)cc(Cl)cc1Cl. The Morgan fingerprint density at radius 3 is 2.28 bits per heavy atom. The van der Waals surface area contributed by atoms with Crippen molar-refractivity contribution in [3.63, 3.8) is 0 Å². The molecule has 18 heavy (non-hydrogen) atoms. The van der Waals surface area contributed by atoms with Crippen LogP contribution in [0.1, 0.15) is 25.6 Å². The molecule has 2 aromatic rings. The number of H-pyrrole nitrogens is 1. The summed E-state index contributed by atoms with van der Waals surface area (Å²) >= 11 is 23.5. The molecule has 0 aliphatic rings. The molecule has 1 heterocycles. The third-order valence-corrected chi connectivity index (χ3v) is 3.49. The second-order valence-electron chi connectivity index (χ2n) is 4.10. The summed E-state index contributed by atoms with van der Waals surface area (Å²) in [5.74, 6) is 0.951. The van der Waals surface area contributed by atoms with E-state index < -0.39 is 0 Å². The van der Waals surface area contributed by atoms with E-state index in [1.54, 1.807) is 16.7 Å². The first-order valence-electron chi connectivity index (χ1n) is 5.24. The molecule has 1 N–H and O–H groups in total. The van der Waals surface area contributed by atoms with Crippen LogP contribution in [-0.4, -0.2) is 14.8 Å². The predicted octanol–water partition coefficient (Wildman–Crippen LogP) is 5.01. The summed E-state index contributed by atoms with van der Waals surface area (Å²) in [5.41, 5.74) is 0.602. The summed E-state index contributed by atoms with van der Waals surface area (Å²) in [6, 6.07) is 3.26. The van der Waals surface area contributed by atoms with Crippen molar-refractivity contribution in [3.05, 3.63) is 37.8 Å². The maximum absolute atomic E-state index is 6.20. The van der Waals surface area contributed by atoms with Crippen LogP contribution in [0.4, 0.5) is 0 Å². The van der Waals surface area contributed by atoms with Crippen LogP contribution in [-0.2, 0) is 0 Å². The zero-order valence-corrected chi connectivity index (χ0v) is 12.8. The maximum atomic E-state index is 6.20. The highest BCUT2D eigenvalue weighted by molar-refractivity contribution is 7.71. The number of hydrogen-bond donors (Lipinski definition) is 1. The highest BCUT2D eigenvalue weighted by Gasteiger charge is 2.17. The number of nitrogens with one attached hydrogen (secondary N) is 1. The van der Waals surface area contributed by atoms with Gasteiger partial charge in [-0.2, -0.15) is 5.10 Å². The van der Waals surface area contributed by atoms with Crippen molar-refractivity contribution in [1.29, 1.82) is 0 Å². The van der Waals surface area contributed by atoms with Crippen molar-refractivity contribution < 1.29 is 0 Å². The summed E-state index contributed by atoms with van der Waals surface area (Å²) in [4.78, 5) is 0. The van der Waals surface area contributed by atoms with Gasteiger partial charge < -0.3 is 0 Å². The molecule has 0 unspecified atom stereocenters. The third-order valence-electron chi connectivity index (χ3n) is 2.42. The van der Waals surface area contributed by atoms with Crippen molar-refractivity contribution in [2.24, 2.45) is 0 Å². The molecule has 3 nitrogen and oxygen atoms in total. The van der Waals surface area contributed by atoms with E-state index in [-0.39, 0.29) is 5.92 Å². The summed E-state index contributed by atoms with van der Waals surface area (Å²) in [6.45, 7) is 4.03. The second kappa shape index (κ2) is 5.21. The first-order valence-corrected chi connectivity index (χ1v) is 6.78. The fraction of sp³-hybridized carbons (Fsp3) is 0.273. The van der Waals surface area contributed by atoms with Gasteiger partial charge in [0.2, 0.25) is 0 Å². The molecule has 0 aliphatic heterocycles. The molecule has 0 amide bonds. The molecular formula is C11H10Cl3N3S. The fourth-order valence-electron chi connectivity index (χ4n) is 1.66. The summed E-state index contributed by atoms with van der Waals surface area (Å²) < 4.78 is 2.19. The van der Waals surface area contributed by atoms with Crippen molar-refractivity contribution >= 4 is 47.0 Å². The zero-order chi connectivity index (χ0) is 13.4. The first kappa shape index (κ1) is 13.9. The number of aromatic amines is 1. The first-order chi connectivity index (χ1) is 8.41. The van der Waals surface area contributed by atoms with Gasteiger partial charge in [0.25, 0.3) is 0 Å². The van der Waals surface area contributed by atoms with Crippen molar-refractivity contribution in [3.8, 4) is 5.69 Å². The molecule has 2 rings (SSSR count). The summed E-state index contributed by atoms with van der Waals surface area (Å²) in [7, 11) is 0. The number of halogens is 3. The lowest BCUT2D eigenvalue weighted by molar-refractivity contribution is 0.744. The van der Waals surface area contributed by atoms with E-state index in [0.29, 0.717) is 25.5 Å². The Morgan fingerprint density at radius 2 is 1.78 bits per heavy atom. The minimum Gasteiger partial charge on any atom is -0.269 e. The van der Waals surface area contributed by atoms with Gasteiger partial charge in [0.15, 0.2) is 4.77 Å². The normalized spacial score (nSPS) is 11.2. The van der Waals surface area contributed by atoms with Gasteiger partial charge in [-0.3, -0.25) is 9.67 Å². The Morgan fingerprint density at radius 1 is 1.22 bits per heavy atom. The van der Waals surface area contributed by atoms with Crippen LogP contribution in [0.5, 0.6) is 0 Å². The molecule has 0 radical (unpaired) electrons. The number of rotatable bonds is 2. The molecular weight excluding hydrogens is 313 g/mol. The molecule has 0 spiro atoms. The van der Waals surface area contributed by atoms with Crippen molar-refractivity contribution in [2.45, 2.75) is 19.8 Å². The van der Waals surface area contributed by atoms with Gasteiger partial charge in [0.05, 0.1) is 15.7 Å². The lowest BCUT2D eigenvalue weighted by atomic mass is 10.2. The molecule has 0 fully saturated rings. The van der Waals surface area contributed by atoms with Crippen LogP contribution < -0.4 is 0 Å². The number of nitrogens with zero attached hydrogens (tertiary/aromatic N) is 2. The van der Waals surface area contributed by atoms with Gasteiger partial charge in [0, 0.05) is 10.9 Å². The van der Waals surface area contributed by atoms with Crippen LogP contribution in [0.15, 0.2) is 12.1 Å². The van der Waals surface area contributed by atoms with Gasteiger partial charge in [-0.1, -0.05) is 48.7 Å². The van der Waals surface area contributed by atoms with Crippen LogP contribution in [0, 0.1) is 4.77 Å². The van der Waals surface area contributed by atoms with E-state index in [2.05, 4.69) is 10.2 Å². The van der Waals surface area contributed by atoms with Crippen LogP contribution in [0.2, 0.25) is 15.1 Å². The molecule has 0 aliphatic carbocycles. The lowest BCUT2D eigenvalue weighted by Gasteiger charge is -2.12. The fourth-order valence-corrected chi connectivity index (χ4v) is 2.88. The van der Waals surface area contributed by atoms with Gasteiger partial charge in [-0.05, 0) is 24.4 Å². The van der Waals surface area contributed by atoms with Gasteiger partial charge >= 0.3 is 0 Å². The van der Waals surface area contributed by atoms with Crippen LogP contribution >= 0.6 is 47.0 Å². The largest absolute Gasteiger partial charge is 0.269 e. The Labute approximate surface area is 125 Å². The number of hydrogen-bond acceptors (Lipinski definition) is 2. The standard InChI is InChI=1S/C11H10Cl3N3S/c1-5(2)10-15-16-11(18)17(10)9-7(13)3-6(12)4-8(9)14/h3-5H,1-2H3,(H,16,18). The van der Waals surface area contributed by atoms with Gasteiger partial charge in [-0.25, -0.2) is 0 Å². The molecule has 1 aromatic heterocycles. The minimum absolute atomic E-state index is 0.181. The van der Waals surface area contributed by atoms with Crippen LogP contribution in [0.25, 0.3) is 5.69 Å². The number of aromatic nitrogens is 3. The highest BCUT2D eigenvalue weighted by atomic mass is 35.5. The lowest BCUT2D eigenvalue weighted by Crippen LogP contribution is -2.04.